The summed E-state index contributed by atoms with van der Waals surface area (Å²) in [6.45, 7) is 1.84. The molecule has 0 saturated heterocycles. The molecule has 0 radical (unpaired) electrons. The van der Waals surface area contributed by atoms with E-state index in [-0.39, 0.29) is 0 Å². The van der Waals surface area contributed by atoms with Gasteiger partial charge in [0.25, 0.3) is 0 Å². The Morgan fingerprint density at radius 1 is 1.27 bits per heavy atom. The van der Waals surface area contributed by atoms with Gasteiger partial charge in [0.1, 0.15) is 0 Å². The van der Waals surface area contributed by atoms with Crippen LogP contribution in [0.4, 0.5) is 13.2 Å². The highest BCUT2D eigenvalue weighted by Crippen LogP contribution is 2.33. The van der Waals surface area contributed by atoms with Gasteiger partial charge < -0.3 is 4.98 Å². The summed E-state index contributed by atoms with van der Waals surface area (Å²) in [7, 11) is 0. The van der Waals surface area contributed by atoms with Gasteiger partial charge in [-0.25, -0.2) is 0 Å². The fourth-order valence-corrected chi connectivity index (χ4v) is 1.91. The van der Waals surface area contributed by atoms with E-state index in [9.17, 15) is 13.2 Å². The molecular weight excluding hydrogens is 271 g/mol. The van der Waals surface area contributed by atoms with Crippen LogP contribution in [0.25, 0.3) is 10.9 Å². The molecule has 0 unspecified atom stereocenters. The van der Waals surface area contributed by atoms with Crippen molar-refractivity contribution in [2.24, 2.45) is 0 Å². The molecule has 1 heterocycles. The molecule has 2 aromatic rings. The molecular formula is C10H7BrF3N. The lowest BCUT2D eigenvalue weighted by atomic mass is 10.1. The second-order valence-corrected chi connectivity index (χ2v) is 4.12. The fraction of sp³-hybridized carbons (Fsp3) is 0.200. The Balaban J connectivity index is 2.67. The Bertz CT molecular complexity index is 513. The van der Waals surface area contributed by atoms with Gasteiger partial charge in [-0.15, -0.1) is 0 Å². The van der Waals surface area contributed by atoms with Gasteiger partial charge in [-0.3, -0.25) is 0 Å². The number of hydrogen-bond donors (Lipinski definition) is 1. The molecule has 0 atom stereocenters. The zero-order valence-corrected chi connectivity index (χ0v) is 9.33. The van der Waals surface area contributed by atoms with E-state index in [0.29, 0.717) is 5.52 Å². The van der Waals surface area contributed by atoms with Crippen molar-refractivity contribution in [1.82, 2.24) is 4.98 Å². The van der Waals surface area contributed by atoms with Gasteiger partial charge in [-0.2, -0.15) is 13.2 Å². The van der Waals surface area contributed by atoms with E-state index in [1.165, 1.54) is 6.07 Å². The molecule has 0 aliphatic rings. The summed E-state index contributed by atoms with van der Waals surface area (Å²) in [6.07, 6.45) is -4.29. The Morgan fingerprint density at radius 3 is 2.53 bits per heavy atom. The SMILES string of the molecule is Cc1c(Br)[nH]c2cc(C(F)(F)F)ccc12. The zero-order valence-electron chi connectivity index (χ0n) is 7.74. The average Bonchev–Trinajstić information content (AvgIpc) is 2.41. The number of H-pyrrole nitrogens is 1. The van der Waals surface area contributed by atoms with Crippen LogP contribution in [-0.4, -0.2) is 4.98 Å². The highest BCUT2D eigenvalue weighted by atomic mass is 79.9. The van der Waals surface area contributed by atoms with E-state index in [4.69, 9.17) is 0 Å². The molecule has 1 N–H and O–H groups in total. The van der Waals surface area contributed by atoms with Crippen molar-refractivity contribution in [3.05, 3.63) is 33.9 Å². The molecule has 1 aromatic carbocycles. The number of fused-ring (bicyclic) bond motifs is 1. The van der Waals surface area contributed by atoms with Gasteiger partial charge in [-0.05, 0) is 40.5 Å². The summed E-state index contributed by atoms with van der Waals surface area (Å²) < 4.78 is 37.9. The van der Waals surface area contributed by atoms with Crippen molar-refractivity contribution in [3.8, 4) is 0 Å². The van der Waals surface area contributed by atoms with Crippen LogP contribution in [0.3, 0.4) is 0 Å². The van der Waals surface area contributed by atoms with Crippen molar-refractivity contribution < 1.29 is 13.2 Å². The minimum Gasteiger partial charge on any atom is -0.349 e. The van der Waals surface area contributed by atoms with Crippen molar-refractivity contribution in [2.75, 3.05) is 0 Å². The van der Waals surface area contributed by atoms with Crippen LogP contribution in [0.5, 0.6) is 0 Å². The fourth-order valence-electron chi connectivity index (χ4n) is 1.48. The summed E-state index contributed by atoms with van der Waals surface area (Å²) in [5.74, 6) is 0. The third kappa shape index (κ3) is 1.76. The van der Waals surface area contributed by atoms with E-state index in [1.54, 1.807) is 0 Å². The minimum atomic E-state index is -4.29. The normalized spacial score (nSPS) is 12.3. The quantitative estimate of drug-likeness (QED) is 0.741. The molecule has 0 fully saturated rings. The van der Waals surface area contributed by atoms with Crippen LogP contribution in [0.2, 0.25) is 0 Å². The largest absolute Gasteiger partial charge is 0.416 e. The van der Waals surface area contributed by atoms with Crippen molar-refractivity contribution >= 4 is 26.8 Å². The van der Waals surface area contributed by atoms with Crippen LogP contribution < -0.4 is 0 Å². The lowest BCUT2D eigenvalue weighted by molar-refractivity contribution is -0.137. The van der Waals surface area contributed by atoms with Crippen LogP contribution >= 0.6 is 15.9 Å². The molecule has 5 heteroatoms. The van der Waals surface area contributed by atoms with Gasteiger partial charge in [0.15, 0.2) is 0 Å². The molecule has 0 bridgehead atoms. The Hall–Kier alpha value is -0.970. The minimum absolute atomic E-state index is 0.495. The standard InChI is InChI=1S/C10H7BrF3N/c1-5-7-3-2-6(10(12,13)14)4-8(7)15-9(5)11/h2-4,15H,1H3. The molecule has 0 spiro atoms. The molecule has 80 valence electrons. The number of benzene rings is 1. The number of aromatic nitrogens is 1. The highest BCUT2D eigenvalue weighted by Gasteiger charge is 2.30. The van der Waals surface area contributed by atoms with Crippen molar-refractivity contribution in [3.63, 3.8) is 0 Å². The maximum absolute atomic E-state index is 12.4. The van der Waals surface area contributed by atoms with E-state index < -0.39 is 11.7 Å². The van der Waals surface area contributed by atoms with E-state index >= 15 is 0 Å². The first-order chi connectivity index (χ1) is 6.89. The first-order valence-electron chi connectivity index (χ1n) is 4.24. The number of halogens is 4. The molecule has 1 aromatic heterocycles. The maximum atomic E-state index is 12.4. The van der Waals surface area contributed by atoms with Crippen LogP contribution in [0.15, 0.2) is 22.8 Å². The van der Waals surface area contributed by atoms with Crippen LogP contribution in [0, 0.1) is 6.92 Å². The summed E-state index contributed by atoms with van der Waals surface area (Å²) in [5.41, 5.74) is 0.775. The van der Waals surface area contributed by atoms with E-state index in [0.717, 1.165) is 27.7 Å². The molecule has 1 nitrogen and oxygen atoms in total. The molecule has 0 amide bonds. The van der Waals surface area contributed by atoms with Gasteiger partial charge in [-0.1, -0.05) is 6.07 Å². The predicted molar refractivity (Wildman–Crippen MR) is 55.7 cm³/mol. The van der Waals surface area contributed by atoms with Gasteiger partial charge in [0, 0.05) is 10.9 Å². The Kier molecular flexibility index (Phi) is 2.30. The molecule has 0 aliphatic heterocycles. The number of nitrogens with one attached hydrogen (secondary N) is 1. The Labute approximate surface area is 92.4 Å². The molecule has 0 aliphatic carbocycles. The molecule has 15 heavy (non-hydrogen) atoms. The van der Waals surface area contributed by atoms with Gasteiger partial charge in [0.2, 0.25) is 0 Å². The second-order valence-electron chi connectivity index (χ2n) is 3.32. The third-order valence-electron chi connectivity index (χ3n) is 2.32. The maximum Gasteiger partial charge on any atom is 0.416 e. The smallest absolute Gasteiger partial charge is 0.349 e. The third-order valence-corrected chi connectivity index (χ3v) is 3.12. The lowest BCUT2D eigenvalue weighted by Crippen LogP contribution is -2.04. The van der Waals surface area contributed by atoms with Crippen molar-refractivity contribution in [2.45, 2.75) is 13.1 Å². The van der Waals surface area contributed by atoms with Crippen LogP contribution in [0.1, 0.15) is 11.1 Å². The van der Waals surface area contributed by atoms with Gasteiger partial charge in [0.05, 0.1) is 10.2 Å². The predicted octanol–water partition coefficient (Wildman–Crippen LogP) is 4.26. The van der Waals surface area contributed by atoms with Gasteiger partial charge >= 0.3 is 6.18 Å². The van der Waals surface area contributed by atoms with Crippen LogP contribution in [-0.2, 0) is 6.18 Å². The topological polar surface area (TPSA) is 15.8 Å². The average molecular weight is 278 g/mol. The summed E-state index contributed by atoms with van der Waals surface area (Å²) in [4.78, 5) is 2.86. The summed E-state index contributed by atoms with van der Waals surface area (Å²) >= 11 is 3.25. The molecule has 0 saturated carbocycles. The zero-order chi connectivity index (χ0) is 11.2. The van der Waals surface area contributed by atoms with E-state index in [2.05, 4.69) is 20.9 Å². The number of hydrogen-bond acceptors (Lipinski definition) is 0. The second kappa shape index (κ2) is 3.27. The number of aromatic amines is 1. The number of rotatable bonds is 0. The van der Waals surface area contributed by atoms with E-state index in [1.807, 2.05) is 6.92 Å². The monoisotopic (exact) mass is 277 g/mol. The molecule has 2 rings (SSSR count). The lowest BCUT2D eigenvalue weighted by Gasteiger charge is -2.05. The Morgan fingerprint density at radius 2 is 1.93 bits per heavy atom. The summed E-state index contributed by atoms with van der Waals surface area (Å²) in [6, 6.07) is 3.69. The highest BCUT2D eigenvalue weighted by molar-refractivity contribution is 9.10. The van der Waals surface area contributed by atoms with Crippen molar-refractivity contribution in [1.29, 1.82) is 0 Å². The number of alkyl halides is 3. The number of aryl methyl sites for hydroxylation is 1. The first kappa shape index (κ1) is 10.5. The first-order valence-corrected chi connectivity index (χ1v) is 5.04. The summed E-state index contributed by atoms with van der Waals surface area (Å²) in [5, 5.41) is 0.801.